The highest BCUT2D eigenvalue weighted by molar-refractivity contribution is 6.33. The van der Waals surface area contributed by atoms with Gasteiger partial charge in [0.05, 0.1) is 5.02 Å². The first kappa shape index (κ1) is 11.7. The molecule has 0 spiro atoms. The lowest BCUT2D eigenvalue weighted by atomic mass is 10.1. The first-order valence-corrected chi connectivity index (χ1v) is 4.96. The van der Waals surface area contributed by atoms with Crippen LogP contribution in [0.5, 0.6) is 0 Å². The summed E-state index contributed by atoms with van der Waals surface area (Å²) in [6.07, 6.45) is 4.21. The third kappa shape index (κ3) is 3.03. The molecule has 1 rings (SSSR count). The van der Waals surface area contributed by atoms with Crippen LogP contribution < -0.4 is 0 Å². The van der Waals surface area contributed by atoms with Crippen LogP contribution in [-0.4, -0.2) is 12.5 Å². The van der Waals surface area contributed by atoms with Gasteiger partial charge in [-0.05, 0) is 37.1 Å². The zero-order valence-corrected chi connectivity index (χ0v) is 9.45. The predicted molar refractivity (Wildman–Crippen MR) is 64.7 cm³/mol. The normalized spacial score (nSPS) is 12.1. The number of hydrogen-bond acceptors (Lipinski definition) is 2. The number of nitrogens with zero attached hydrogens (tertiary/aromatic N) is 1. The molecule has 15 heavy (non-hydrogen) atoms. The average Bonchev–Trinajstić information content (AvgIpc) is 2.25. The molecule has 1 aromatic carbocycles. The summed E-state index contributed by atoms with van der Waals surface area (Å²) in [5.74, 6) is 0. The zero-order chi connectivity index (χ0) is 11.3. The van der Waals surface area contributed by atoms with Crippen molar-refractivity contribution < 1.29 is 4.79 Å². The van der Waals surface area contributed by atoms with Crippen LogP contribution in [0.2, 0.25) is 5.02 Å². The molecule has 0 aliphatic rings. The summed E-state index contributed by atoms with van der Waals surface area (Å²) in [5.41, 5.74) is 2.48. The molecule has 0 saturated heterocycles. The van der Waals surface area contributed by atoms with E-state index in [0.717, 1.165) is 17.4 Å². The van der Waals surface area contributed by atoms with Gasteiger partial charge in [-0.1, -0.05) is 17.7 Å². The predicted octanol–water partition coefficient (Wildman–Crippen LogP) is 3.60. The van der Waals surface area contributed by atoms with E-state index >= 15 is 0 Å². The van der Waals surface area contributed by atoms with Gasteiger partial charge in [0.25, 0.3) is 0 Å². The Morgan fingerprint density at radius 1 is 1.47 bits per heavy atom. The number of aldehydes is 1. The molecule has 0 bridgehead atoms. The van der Waals surface area contributed by atoms with Gasteiger partial charge in [0, 0.05) is 18.0 Å². The van der Waals surface area contributed by atoms with E-state index in [9.17, 15) is 4.79 Å². The summed E-state index contributed by atoms with van der Waals surface area (Å²) in [6, 6.07) is 5.33. The van der Waals surface area contributed by atoms with Crippen LogP contribution in [0.15, 0.2) is 29.4 Å². The highest BCUT2D eigenvalue weighted by Gasteiger charge is 2.01. The molecule has 0 aliphatic heterocycles. The van der Waals surface area contributed by atoms with Crippen molar-refractivity contribution in [3.8, 4) is 0 Å². The van der Waals surface area contributed by atoms with Crippen molar-refractivity contribution in [3.63, 3.8) is 0 Å². The lowest BCUT2D eigenvalue weighted by molar-refractivity contribution is 0.112. The first-order chi connectivity index (χ1) is 7.19. The quantitative estimate of drug-likeness (QED) is 0.567. The molecule has 1 aromatic rings. The van der Waals surface area contributed by atoms with E-state index in [1.54, 1.807) is 24.5 Å². The second-order valence-corrected chi connectivity index (χ2v) is 3.48. The Hall–Kier alpha value is -1.41. The minimum absolute atomic E-state index is 0.468. The van der Waals surface area contributed by atoms with Crippen LogP contribution in [0.25, 0.3) is 5.57 Å². The Morgan fingerprint density at radius 2 is 2.20 bits per heavy atom. The number of carbonyl (C=O) groups is 1. The fourth-order valence-corrected chi connectivity index (χ4v) is 1.35. The Bertz CT molecular complexity index is 422. The standard InChI is InChI=1S/C12H12ClNO/c1-3-14-7-9(2)10-4-5-11(8-15)12(13)6-10/h3-8H,1-2H3/b9-7+,14-3?. The molecule has 0 aliphatic carbocycles. The van der Waals surface area contributed by atoms with Gasteiger partial charge in [-0.3, -0.25) is 9.79 Å². The molecule has 2 nitrogen and oxygen atoms in total. The van der Waals surface area contributed by atoms with E-state index in [1.165, 1.54) is 0 Å². The molecule has 0 aromatic heterocycles. The summed E-state index contributed by atoms with van der Waals surface area (Å²) in [7, 11) is 0. The van der Waals surface area contributed by atoms with Crippen molar-refractivity contribution in [1.29, 1.82) is 0 Å². The van der Waals surface area contributed by atoms with E-state index in [2.05, 4.69) is 4.99 Å². The molecule has 0 radical (unpaired) electrons. The molecular formula is C12H12ClNO. The van der Waals surface area contributed by atoms with Crippen LogP contribution in [0.3, 0.4) is 0 Å². The first-order valence-electron chi connectivity index (χ1n) is 4.58. The number of carbonyl (C=O) groups excluding carboxylic acids is 1. The fraction of sp³-hybridized carbons (Fsp3) is 0.167. The molecule has 0 saturated carbocycles. The molecule has 0 amide bonds. The third-order valence-electron chi connectivity index (χ3n) is 2.00. The summed E-state index contributed by atoms with van der Waals surface area (Å²) >= 11 is 5.91. The van der Waals surface area contributed by atoms with Crippen molar-refractivity contribution in [1.82, 2.24) is 0 Å². The van der Waals surface area contributed by atoms with Gasteiger partial charge >= 0.3 is 0 Å². The third-order valence-corrected chi connectivity index (χ3v) is 2.33. The van der Waals surface area contributed by atoms with Crippen molar-refractivity contribution in [3.05, 3.63) is 40.5 Å². The number of aliphatic imine (C=N–C) groups is 1. The van der Waals surface area contributed by atoms with Gasteiger partial charge in [0.15, 0.2) is 6.29 Å². The maximum atomic E-state index is 10.6. The largest absolute Gasteiger partial charge is 0.298 e. The van der Waals surface area contributed by atoms with Crippen molar-refractivity contribution in [2.75, 3.05) is 0 Å². The van der Waals surface area contributed by atoms with Gasteiger partial charge in [0.1, 0.15) is 0 Å². The van der Waals surface area contributed by atoms with Crippen LogP contribution in [-0.2, 0) is 0 Å². The lowest BCUT2D eigenvalue weighted by Crippen LogP contribution is -1.85. The summed E-state index contributed by atoms with van der Waals surface area (Å²) in [6.45, 7) is 3.80. The highest BCUT2D eigenvalue weighted by Crippen LogP contribution is 2.21. The minimum Gasteiger partial charge on any atom is -0.298 e. The summed E-state index contributed by atoms with van der Waals surface area (Å²) < 4.78 is 0. The van der Waals surface area contributed by atoms with Crippen LogP contribution >= 0.6 is 11.6 Å². The van der Waals surface area contributed by atoms with Gasteiger partial charge in [-0.25, -0.2) is 0 Å². The summed E-state index contributed by atoms with van der Waals surface area (Å²) in [4.78, 5) is 14.6. The fourth-order valence-electron chi connectivity index (χ4n) is 1.13. The SMILES string of the molecule is CC=N/C=C(\C)c1ccc(C=O)c(Cl)c1. The number of hydrogen-bond donors (Lipinski definition) is 0. The zero-order valence-electron chi connectivity index (χ0n) is 8.70. The minimum atomic E-state index is 0.468. The van der Waals surface area contributed by atoms with E-state index in [0.29, 0.717) is 10.6 Å². The Labute approximate surface area is 94.3 Å². The average molecular weight is 222 g/mol. The molecule has 0 fully saturated rings. The van der Waals surface area contributed by atoms with Gasteiger partial charge in [0.2, 0.25) is 0 Å². The number of benzene rings is 1. The second kappa shape index (κ2) is 5.47. The monoisotopic (exact) mass is 221 g/mol. The van der Waals surface area contributed by atoms with Crippen molar-refractivity contribution in [2.45, 2.75) is 13.8 Å². The molecular weight excluding hydrogens is 210 g/mol. The maximum absolute atomic E-state index is 10.6. The Balaban J connectivity index is 3.07. The highest BCUT2D eigenvalue weighted by atomic mass is 35.5. The van der Waals surface area contributed by atoms with Crippen LogP contribution in [0.4, 0.5) is 0 Å². The van der Waals surface area contributed by atoms with Crippen molar-refractivity contribution in [2.24, 2.45) is 4.99 Å². The van der Waals surface area contributed by atoms with Gasteiger partial charge in [-0.15, -0.1) is 0 Å². The van der Waals surface area contributed by atoms with E-state index in [1.807, 2.05) is 19.9 Å². The number of allylic oxidation sites excluding steroid dienone is 1. The molecule has 0 unspecified atom stereocenters. The number of rotatable bonds is 3. The molecule has 0 N–H and O–H groups in total. The maximum Gasteiger partial charge on any atom is 0.151 e. The molecule has 78 valence electrons. The topological polar surface area (TPSA) is 29.4 Å². The van der Waals surface area contributed by atoms with E-state index in [4.69, 9.17) is 11.6 Å². The summed E-state index contributed by atoms with van der Waals surface area (Å²) in [5, 5.41) is 0.468. The molecule has 0 heterocycles. The lowest BCUT2D eigenvalue weighted by Gasteiger charge is -2.02. The van der Waals surface area contributed by atoms with E-state index < -0.39 is 0 Å². The van der Waals surface area contributed by atoms with Gasteiger partial charge in [-0.2, -0.15) is 0 Å². The Morgan fingerprint density at radius 3 is 2.73 bits per heavy atom. The molecule has 3 heteroatoms. The van der Waals surface area contributed by atoms with Crippen molar-refractivity contribution >= 4 is 29.7 Å². The van der Waals surface area contributed by atoms with Crippen LogP contribution in [0.1, 0.15) is 29.8 Å². The van der Waals surface area contributed by atoms with Gasteiger partial charge < -0.3 is 0 Å². The number of halogens is 1. The smallest absolute Gasteiger partial charge is 0.151 e. The second-order valence-electron chi connectivity index (χ2n) is 3.07. The van der Waals surface area contributed by atoms with E-state index in [-0.39, 0.29) is 0 Å². The molecule has 0 atom stereocenters. The van der Waals surface area contributed by atoms with Crippen LogP contribution in [0, 0.1) is 0 Å². The Kier molecular flexibility index (Phi) is 4.25.